The molecule has 0 fully saturated rings. The molecule has 4 N–H and O–H groups in total. The lowest BCUT2D eigenvalue weighted by atomic mass is 9.83. The largest absolute Gasteiger partial charge is 0.508 e. The fourth-order valence-electron chi connectivity index (χ4n) is 2.37. The molecule has 6 heteroatoms. The Hall–Kier alpha value is -3.28. The smallest absolute Gasteiger partial charge is 0.332 e. The quantitative estimate of drug-likeness (QED) is 0.630. The van der Waals surface area contributed by atoms with Gasteiger partial charge in [-0.15, -0.1) is 0 Å². The Labute approximate surface area is 131 Å². The first kappa shape index (κ1) is 16.1. The molecule has 0 saturated carbocycles. The molecular formula is C17H14O6. The Morgan fingerprint density at radius 3 is 1.61 bits per heavy atom. The standard InChI is InChI=1S/C17H14O6/c18-13-7-3-1-5-10(13)16(11-6-2-4-8-14(11)19)12(17(22)23)9-15(20)21/h1-9,16,18-19H,(H,20,21)(H,22,23)/b12-9-. The number of carbonyl (C=O) groups is 2. The van der Waals surface area contributed by atoms with E-state index < -0.39 is 23.4 Å². The van der Waals surface area contributed by atoms with E-state index in [9.17, 15) is 24.9 Å². The second kappa shape index (κ2) is 6.65. The zero-order valence-corrected chi connectivity index (χ0v) is 11.9. The van der Waals surface area contributed by atoms with Crippen molar-refractivity contribution in [2.45, 2.75) is 5.92 Å². The number of hydrogen-bond donors (Lipinski definition) is 4. The van der Waals surface area contributed by atoms with E-state index in [-0.39, 0.29) is 22.6 Å². The molecular weight excluding hydrogens is 300 g/mol. The monoisotopic (exact) mass is 314 g/mol. The molecule has 0 bridgehead atoms. The summed E-state index contributed by atoms with van der Waals surface area (Å²) < 4.78 is 0. The number of para-hydroxylation sites is 2. The summed E-state index contributed by atoms with van der Waals surface area (Å²) in [5.41, 5.74) is -0.103. The van der Waals surface area contributed by atoms with E-state index in [1.807, 2.05) is 0 Å². The predicted molar refractivity (Wildman–Crippen MR) is 81.4 cm³/mol. The predicted octanol–water partition coefficient (Wildman–Crippen LogP) is 2.33. The summed E-state index contributed by atoms with van der Waals surface area (Å²) in [7, 11) is 0. The van der Waals surface area contributed by atoms with Gasteiger partial charge in [0.05, 0.1) is 5.57 Å². The molecule has 0 aliphatic heterocycles. The molecule has 2 aromatic rings. The van der Waals surface area contributed by atoms with Crippen LogP contribution in [0.1, 0.15) is 17.0 Å². The zero-order valence-electron chi connectivity index (χ0n) is 11.9. The molecule has 6 nitrogen and oxygen atoms in total. The number of benzene rings is 2. The third-order valence-corrected chi connectivity index (χ3v) is 3.33. The summed E-state index contributed by atoms with van der Waals surface area (Å²) >= 11 is 0. The summed E-state index contributed by atoms with van der Waals surface area (Å²) in [6.07, 6.45) is 0.561. The molecule has 0 spiro atoms. The molecule has 0 atom stereocenters. The van der Waals surface area contributed by atoms with Crippen molar-refractivity contribution in [2.75, 3.05) is 0 Å². The number of carboxylic acid groups (broad SMARTS) is 2. The van der Waals surface area contributed by atoms with Crippen LogP contribution in [-0.2, 0) is 9.59 Å². The average Bonchev–Trinajstić information content (AvgIpc) is 2.49. The molecule has 0 amide bonds. The number of carboxylic acids is 2. The SMILES string of the molecule is O=C(O)/C=C(\C(=O)O)C(c1ccccc1O)c1ccccc1O. The van der Waals surface area contributed by atoms with Gasteiger partial charge in [0.15, 0.2) is 0 Å². The third-order valence-electron chi connectivity index (χ3n) is 3.33. The number of aliphatic carboxylic acids is 2. The molecule has 0 aliphatic rings. The molecule has 0 unspecified atom stereocenters. The van der Waals surface area contributed by atoms with Gasteiger partial charge in [-0.3, -0.25) is 0 Å². The minimum Gasteiger partial charge on any atom is -0.508 e. The summed E-state index contributed by atoms with van der Waals surface area (Å²) in [6, 6.07) is 12.0. The molecule has 118 valence electrons. The lowest BCUT2D eigenvalue weighted by Crippen LogP contribution is -2.15. The second-order valence-corrected chi connectivity index (χ2v) is 4.79. The molecule has 2 aromatic carbocycles. The van der Waals surface area contributed by atoms with Crippen LogP contribution in [0.15, 0.2) is 60.2 Å². The number of aromatic hydroxyl groups is 2. The number of hydrogen-bond acceptors (Lipinski definition) is 4. The Kier molecular flexibility index (Phi) is 4.66. The fourth-order valence-corrected chi connectivity index (χ4v) is 2.37. The van der Waals surface area contributed by atoms with Gasteiger partial charge in [0.25, 0.3) is 0 Å². The molecule has 2 rings (SSSR count). The van der Waals surface area contributed by atoms with Crippen LogP contribution in [-0.4, -0.2) is 32.4 Å². The Balaban J connectivity index is 2.75. The van der Waals surface area contributed by atoms with Gasteiger partial charge in [0, 0.05) is 23.1 Å². The normalized spacial score (nSPS) is 11.4. The molecule has 0 aliphatic carbocycles. The van der Waals surface area contributed by atoms with E-state index in [2.05, 4.69) is 0 Å². The molecule has 0 radical (unpaired) electrons. The van der Waals surface area contributed by atoms with E-state index in [1.165, 1.54) is 24.3 Å². The number of phenolic OH excluding ortho intramolecular Hbond substituents is 2. The van der Waals surface area contributed by atoms with Crippen LogP contribution in [0.4, 0.5) is 0 Å². The number of rotatable bonds is 5. The van der Waals surface area contributed by atoms with Crippen molar-refractivity contribution in [3.05, 3.63) is 71.3 Å². The van der Waals surface area contributed by atoms with Gasteiger partial charge >= 0.3 is 11.9 Å². The topological polar surface area (TPSA) is 115 Å². The van der Waals surface area contributed by atoms with Gasteiger partial charge in [0.2, 0.25) is 0 Å². The van der Waals surface area contributed by atoms with Crippen LogP contribution in [0.3, 0.4) is 0 Å². The number of phenols is 2. The Bertz CT molecular complexity index is 733. The summed E-state index contributed by atoms with van der Waals surface area (Å²) in [4.78, 5) is 22.5. The fraction of sp³-hybridized carbons (Fsp3) is 0.0588. The van der Waals surface area contributed by atoms with Crippen molar-refractivity contribution in [1.82, 2.24) is 0 Å². The summed E-state index contributed by atoms with van der Waals surface area (Å²) in [5.74, 6) is -4.41. The van der Waals surface area contributed by atoms with E-state index in [1.54, 1.807) is 24.3 Å². The van der Waals surface area contributed by atoms with E-state index in [0.29, 0.717) is 6.08 Å². The van der Waals surface area contributed by atoms with Gasteiger partial charge in [-0.25, -0.2) is 9.59 Å². The molecule has 0 saturated heterocycles. The molecule has 0 heterocycles. The Morgan fingerprint density at radius 2 is 1.26 bits per heavy atom. The van der Waals surface area contributed by atoms with Crippen molar-refractivity contribution >= 4 is 11.9 Å². The van der Waals surface area contributed by atoms with Crippen molar-refractivity contribution in [1.29, 1.82) is 0 Å². The van der Waals surface area contributed by atoms with Crippen LogP contribution in [0.2, 0.25) is 0 Å². The van der Waals surface area contributed by atoms with E-state index in [4.69, 9.17) is 5.11 Å². The highest BCUT2D eigenvalue weighted by molar-refractivity contribution is 5.97. The highest BCUT2D eigenvalue weighted by Gasteiger charge is 2.29. The highest BCUT2D eigenvalue weighted by atomic mass is 16.4. The highest BCUT2D eigenvalue weighted by Crippen LogP contribution is 2.40. The average molecular weight is 314 g/mol. The third kappa shape index (κ3) is 3.49. The zero-order chi connectivity index (χ0) is 17.0. The van der Waals surface area contributed by atoms with Crippen molar-refractivity contribution in [3.8, 4) is 11.5 Å². The Morgan fingerprint density at radius 1 is 0.826 bits per heavy atom. The minimum absolute atomic E-state index is 0.184. The lowest BCUT2D eigenvalue weighted by molar-refractivity contribution is -0.135. The minimum atomic E-state index is -1.45. The van der Waals surface area contributed by atoms with Crippen LogP contribution in [0.25, 0.3) is 0 Å². The first-order valence-corrected chi connectivity index (χ1v) is 6.65. The lowest BCUT2D eigenvalue weighted by Gasteiger charge is -2.20. The van der Waals surface area contributed by atoms with E-state index >= 15 is 0 Å². The van der Waals surface area contributed by atoms with Crippen LogP contribution >= 0.6 is 0 Å². The van der Waals surface area contributed by atoms with Crippen molar-refractivity contribution in [3.63, 3.8) is 0 Å². The van der Waals surface area contributed by atoms with Crippen LogP contribution in [0.5, 0.6) is 11.5 Å². The molecule has 0 aromatic heterocycles. The first-order valence-electron chi connectivity index (χ1n) is 6.65. The maximum atomic E-state index is 11.6. The summed E-state index contributed by atoms with van der Waals surface area (Å²) in [5, 5.41) is 38.4. The van der Waals surface area contributed by atoms with Crippen LogP contribution in [0, 0.1) is 0 Å². The van der Waals surface area contributed by atoms with Gasteiger partial charge in [0.1, 0.15) is 11.5 Å². The van der Waals surface area contributed by atoms with Gasteiger partial charge < -0.3 is 20.4 Å². The van der Waals surface area contributed by atoms with Gasteiger partial charge in [-0.05, 0) is 12.1 Å². The molecule has 23 heavy (non-hydrogen) atoms. The van der Waals surface area contributed by atoms with Crippen LogP contribution < -0.4 is 0 Å². The van der Waals surface area contributed by atoms with E-state index in [0.717, 1.165) is 0 Å². The summed E-state index contributed by atoms with van der Waals surface area (Å²) in [6.45, 7) is 0. The second-order valence-electron chi connectivity index (χ2n) is 4.79. The van der Waals surface area contributed by atoms with Crippen molar-refractivity contribution < 1.29 is 30.0 Å². The van der Waals surface area contributed by atoms with Gasteiger partial charge in [-0.1, -0.05) is 36.4 Å². The maximum Gasteiger partial charge on any atom is 0.332 e. The van der Waals surface area contributed by atoms with Crippen molar-refractivity contribution in [2.24, 2.45) is 0 Å². The van der Waals surface area contributed by atoms with Gasteiger partial charge in [-0.2, -0.15) is 0 Å². The maximum absolute atomic E-state index is 11.6. The first-order chi connectivity index (χ1) is 10.9.